The van der Waals surface area contributed by atoms with Crippen LogP contribution >= 0.6 is 0 Å². The summed E-state index contributed by atoms with van der Waals surface area (Å²) in [5.74, 6) is 0. The van der Waals surface area contributed by atoms with Gasteiger partial charge in [-0.05, 0) is 18.9 Å². The number of rotatable bonds is 3. The van der Waals surface area contributed by atoms with E-state index in [0.717, 1.165) is 18.7 Å². The molecule has 0 amide bonds. The van der Waals surface area contributed by atoms with Crippen LogP contribution in [-0.4, -0.2) is 26.4 Å². The largest absolute Gasteiger partial charge is 0.399 e. The number of nitrogens with zero attached hydrogens (tertiary/aromatic N) is 2. The highest BCUT2D eigenvalue weighted by Gasteiger charge is 2.14. The number of anilines is 1. The zero-order valence-electron chi connectivity index (χ0n) is 9.02. The fourth-order valence-corrected chi connectivity index (χ4v) is 1.95. The molecule has 0 aromatic heterocycles. The van der Waals surface area contributed by atoms with Gasteiger partial charge < -0.3 is 9.74 Å². The Kier molecular flexibility index (Phi) is 3.22. The van der Waals surface area contributed by atoms with Gasteiger partial charge in [0, 0.05) is 24.3 Å². The molecular formula is C12H16N2O. The number of oxime groups is 1. The van der Waals surface area contributed by atoms with E-state index in [2.05, 4.69) is 28.3 Å². The lowest BCUT2D eigenvalue weighted by molar-refractivity contribution is 0.215. The Bertz CT molecular complexity index is 343. The van der Waals surface area contributed by atoms with E-state index < -0.39 is 0 Å². The van der Waals surface area contributed by atoms with Crippen LogP contribution < -0.4 is 4.90 Å². The maximum Gasteiger partial charge on any atom is 0.106 e. The molecule has 3 heteroatoms. The maximum atomic E-state index is 4.71. The van der Waals surface area contributed by atoms with Gasteiger partial charge in [0.1, 0.15) is 7.11 Å². The first-order valence-corrected chi connectivity index (χ1v) is 5.32. The molecule has 0 bridgehead atoms. The first-order chi connectivity index (χ1) is 7.42. The van der Waals surface area contributed by atoms with Crippen molar-refractivity contribution in [2.45, 2.75) is 12.8 Å². The Balaban J connectivity index is 2.24. The summed E-state index contributed by atoms with van der Waals surface area (Å²) in [5.41, 5.74) is 2.39. The Morgan fingerprint density at radius 1 is 1.27 bits per heavy atom. The van der Waals surface area contributed by atoms with E-state index in [9.17, 15) is 0 Å². The van der Waals surface area contributed by atoms with Crippen molar-refractivity contribution in [3.8, 4) is 0 Å². The highest BCUT2D eigenvalue weighted by molar-refractivity contribution is 5.87. The summed E-state index contributed by atoms with van der Waals surface area (Å²) in [4.78, 5) is 7.11. The summed E-state index contributed by atoms with van der Waals surface area (Å²) in [6.07, 6.45) is 4.35. The van der Waals surface area contributed by atoms with Crippen molar-refractivity contribution in [1.29, 1.82) is 0 Å². The standard InChI is InChI=1S/C12H16N2O/c1-15-13-10-11-6-2-3-7-12(11)14-8-4-5-9-14/h2-3,6-7,10H,4-5,8-9H2,1H3. The summed E-state index contributed by atoms with van der Waals surface area (Å²) >= 11 is 0. The summed E-state index contributed by atoms with van der Waals surface area (Å²) < 4.78 is 0. The molecule has 0 saturated carbocycles. The first kappa shape index (κ1) is 10.0. The zero-order valence-corrected chi connectivity index (χ0v) is 9.02. The molecule has 3 nitrogen and oxygen atoms in total. The molecular weight excluding hydrogens is 188 g/mol. The second-order valence-corrected chi connectivity index (χ2v) is 3.67. The molecule has 1 aliphatic heterocycles. The van der Waals surface area contributed by atoms with Crippen molar-refractivity contribution in [3.05, 3.63) is 29.8 Å². The highest BCUT2D eigenvalue weighted by atomic mass is 16.6. The summed E-state index contributed by atoms with van der Waals surface area (Å²) in [5, 5.41) is 3.82. The molecule has 1 aromatic rings. The van der Waals surface area contributed by atoms with E-state index in [1.165, 1.54) is 18.5 Å². The van der Waals surface area contributed by atoms with Crippen molar-refractivity contribution in [3.63, 3.8) is 0 Å². The molecule has 0 radical (unpaired) electrons. The molecule has 1 aromatic carbocycles. The summed E-state index contributed by atoms with van der Waals surface area (Å²) in [6, 6.07) is 8.30. The Labute approximate surface area is 90.3 Å². The number of hydrogen-bond donors (Lipinski definition) is 0. The van der Waals surface area contributed by atoms with E-state index in [4.69, 9.17) is 4.84 Å². The van der Waals surface area contributed by atoms with Gasteiger partial charge in [-0.2, -0.15) is 0 Å². The van der Waals surface area contributed by atoms with Crippen LogP contribution in [0.2, 0.25) is 0 Å². The van der Waals surface area contributed by atoms with Gasteiger partial charge in [0.15, 0.2) is 0 Å². The molecule has 1 aliphatic rings. The molecule has 0 spiro atoms. The van der Waals surface area contributed by atoms with Crippen LogP contribution in [0.1, 0.15) is 18.4 Å². The predicted octanol–water partition coefficient (Wildman–Crippen LogP) is 2.27. The van der Waals surface area contributed by atoms with E-state index in [-0.39, 0.29) is 0 Å². The van der Waals surface area contributed by atoms with Crippen LogP contribution in [0.3, 0.4) is 0 Å². The lowest BCUT2D eigenvalue weighted by atomic mass is 10.2. The van der Waals surface area contributed by atoms with Crippen molar-refractivity contribution in [1.82, 2.24) is 0 Å². The van der Waals surface area contributed by atoms with E-state index in [0.29, 0.717) is 0 Å². The second-order valence-electron chi connectivity index (χ2n) is 3.67. The lowest BCUT2D eigenvalue weighted by Crippen LogP contribution is -2.19. The minimum Gasteiger partial charge on any atom is -0.399 e. The SMILES string of the molecule is CON=Cc1ccccc1N1CCCC1. The molecule has 15 heavy (non-hydrogen) atoms. The smallest absolute Gasteiger partial charge is 0.106 e. The highest BCUT2D eigenvalue weighted by Crippen LogP contribution is 2.23. The molecule has 80 valence electrons. The third kappa shape index (κ3) is 2.29. The third-order valence-electron chi connectivity index (χ3n) is 2.68. The fourth-order valence-electron chi connectivity index (χ4n) is 1.95. The Morgan fingerprint density at radius 2 is 2.00 bits per heavy atom. The van der Waals surface area contributed by atoms with Gasteiger partial charge >= 0.3 is 0 Å². The second kappa shape index (κ2) is 4.82. The zero-order chi connectivity index (χ0) is 10.5. The molecule has 1 saturated heterocycles. The summed E-state index contributed by atoms with van der Waals surface area (Å²) in [6.45, 7) is 2.30. The van der Waals surface area contributed by atoms with Crippen LogP contribution in [0.5, 0.6) is 0 Å². The molecule has 0 aliphatic carbocycles. The minimum atomic E-state index is 1.13. The lowest BCUT2D eigenvalue weighted by Gasteiger charge is -2.19. The first-order valence-electron chi connectivity index (χ1n) is 5.32. The van der Waals surface area contributed by atoms with Crippen molar-refractivity contribution < 1.29 is 4.84 Å². The van der Waals surface area contributed by atoms with E-state index in [1.807, 2.05) is 6.07 Å². The van der Waals surface area contributed by atoms with E-state index >= 15 is 0 Å². The van der Waals surface area contributed by atoms with Crippen LogP contribution in [0.25, 0.3) is 0 Å². The topological polar surface area (TPSA) is 24.8 Å². The molecule has 0 atom stereocenters. The molecule has 2 rings (SSSR count). The van der Waals surface area contributed by atoms with E-state index in [1.54, 1.807) is 13.3 Å². The monoisotopic (exact) mass is 204 g/mol. The van der Waals surface area contributed by atoms with Gasteiger partial charge in [-0.25, -0.2) is 0 Å². The van der Waals surface area contributed by atoms with Gasteiger partial charge in [0.05, 0.1) is 6.21 Å². The molecule has 0 N–H and O–H groups in total. The van der Waals surface area contributed by atoms with Crippen molar-refractivity contribution >= 4 is 11.9 Å². The number of para-hydroxylation sites is 1. The maximum absolute atomic E-state index is 4.71. The molecule has 1 fully saturated rings. The van der Waals surface area contributed by atoms with Crippen LogP contribution in [0.15, 0.2) is 29.4 Å². The number of benzene rings is 1. The van der Waals surface area contributed by atoms with Gasteiger partial charge in [-0.1, -0.05) is 23.4 Å². The normalized spacial score (nSPS) is 16.2. The van der Waals surface area contributed by atoms with Gasteiger partial charge in [-0.3, -0.25) is 0 Å². The Hall–Kier alpha value is -1.51. The van der Waals surface area contributed by atoms with Crippen LogP contribution in [0, 0.1) is 0 Å². The third-order valence-corrected chi connectivity index (χ3v) is 2.68. The van der Waals surface area contributed by atoms with Crippen molar-refractivity contribution in [2.75, 3.05) is 25.1 Å². The Morgan fingerprint density at radius 3 is 2.73 bits per heavy atom. The number of hydrogen-bond acceptors (Lipinski definition) is 3. The molecule has 1 heterocycles. The molecule has 0 unspecified atom stereocenters. The minimum absolute atomic E-state index is 1.13. The predicted molar refractivity (Wildman–Crippen MR) is 62.5 cm³/mol. The van der Waals surface area contributed by atoms with Crippen molar-refractivity contribution in [2.24, 2.45) is 5.16 Å². The average Bonchev–Trinajstić information content (AvgIpc) is 2.80. The average molecular weight is 204 g/mol. The van der Waals surface area contributed by atoms with Crippen LogP contribution in [0.4, 0.5) is 5.69 Å². The van der Waals surface area contributed by atoms with Gasteiger partial charge in [0.25, 0.3) is 0 Å². The summed E-state index contributed by atoms with van der Waals surface area (Å²) in [7, 11) is 1.56. The van der Waals surface area contributed by atoms with Crippen LogP contribution in [-0.2, 0) is 4.84 Å². The van der Waals surface area contributed by atoms with Gasteiger partial charge in [-0.15, -0.1) is 0 Å². The fraction of sp³-hybridized carbons (Fsp3) is 0.417. The van der Waals surface area contributed by atoms with Gasteiger partial charge in [0.2, 0.25) is 0 Å². The quantitative estimate of drug-likeness (QED) is 0.557.